The first-order chi connectivity index (χ1) is 10.1. The van der Waals surface area contributed by atoms with Crippen molar-refractivity contribution < 1.29 is 9.60 Å². The molecule has 0 saturated heterocycles. The molecule has 1 aromatic heterocycles. The summed E-state index contributed by atoms with van der Waals surface area (Å²) in [5, 5.41) is 15.0. The highest BCUT2D eigenvalue weighted by molar-refractivity contribution is 7.11. The second-order valence-electron chi connectivity index (χ2n) is 4.61. The lowest BCUT2D eigenvalue weighted by Gasteiger charge is -2.09. The van der Waals surface area contributed by atoms with Gasteiger partial charge in [0.15, 0.2) is 5.84 Å². The van der Waals surface area contributed by atoms with E-state index >= 15 is 0 Å². The summed E-state index contributed by atoms with van der Waals surface area (Å²) in [4.78, 5) is 2.60. The van der Waals surface area contributed by atoms with Gasteiger partial charge in [0.2, 0.25) is 0 Å². The Hall–Kier alpha value is -1.92. The molecule has 1 aromatic carbocycles. The third-order valence-electron chi connectivity index (χ3n) is 3.14. The van der Waals surface area contributed by atoms with E-state index < -0.39 is 5.82 Å². The van der Waals surface area contributed by atoms with Crippen molar-refractivity contribution in [3.8, 4) is 0 Å². The molecule has 0 bridgehead atoms. The van der Waals surface area contributed by atoms with Crippen molar-refractivity contribution in [1.82, 2.24) is 5.32 Å². The van der Waals surface area contributed by atoms with Gasteiger partial charge in [-0.05, 0) is 36.2 Å². The van der Waals surface area contributed by atoms with Crippen molar-refractivity contribution in [2.24, 2.45) is 10.9 Å². The van der Waals surface area contributed by atoms with Crippen LogP contribution in [0.15, 0.2) is 35.5 Å². The predicted molar refractivity (Wildman–Crippen MR) is 83.2 cm³/mol. The van der Waals surface area contributed by atoms with Gasteiger partial charge in [0, 0.05) is 28.4 Å². The summed E-state index contributed by atoms with van der Waals surface area (Å²) >= 11 is 1.77. The third-order valence-corrected chi connectivity index (χ3v) is 4.37. The van der Waals surface area contributed by atoms with Gasteiger partial charge < -0.3 is 16.3 Å². The van der Waals surface area contributed by atoms with Crippen LogP contribution in [0, 0.1) is 5.82 Å². The van der Waals surface area contributed by atoms with Crippen LogP contribution in [0.25, 0.3) is 0 Å². The first kappa shape index (κ1) is 15.5. The molecule has 0 radical (unpaired) electrons. The maximum absolute atomic E-state index is 13.3. The maximum atomic E-state index is 13.3. The maximum Gasteiger partial charge on any atom is 0.170 e. The fraction of sp³-hybridized carbons (Fsp3) is 0.267. The number of rotatable bonds is 6. The number of benzene rings is 1. The summed E-state index contributed by atoms with van der Waals surface area (Å²) in [7, 11) is 0. The average molecular weight is 307 g/mol. The van der Waals surface area contributed by atoms with Crippen LogP contribution < -0.4 is 11.1 Å². The summed E-state index contributed by atoms with van der Waals surface area (Å²) in [6, 6.07) is 8.51. The Morgan fingerprint density at radius 3 is 2.71 bits per heavy atom. The van der Waals surface area contributed by atoms with Crippen LogP contribution in [0.1, 0.15) is 27.8 Å². The highest BCUT2D eigenvalue weighted by atomic mass is 32.1. The highest BCUT2D eigenvalue weighted by Gasteiger charge is 2.08. The summed E-state index contributed by atoms with van der Waals surface area (Å²) in [6.07, 6.45) is 1.04. The van der Waals surface area contributed by atoms with Gasteiger partial charge in [0.25, 0.3) is 0 Å². The molecular weight excluding hydrogens is 289 g/mol. The molecule has 0 aliphatic carbocycles. The van der Waals surface area contributed by atoms with Crippen molar-refractivity contribution in [2.45, 2.75) is 26.4 Å². The molecule has 0 spiro atoms. The monoisotopic (exact) mass is 307 g/mol. The van der Waals surface area contributed by atoms with Gasteiger partial charge in [-0.25, -0.2) is 4.39 Å². The second kappa shape index (κ2) is 7.19. The van der Waals surface area contributed by atoms with Gasteiger partial charge >= 0.3 is 0 Å². The molecule has 2 aromatic rings. The van der Waals surface area contributed by atoms with Crippen molar-refractivity contribution in [3.63, 3.8) is 0 Å². The lowest BCUT2D eigenvalue weighted by molar-refractivity contribution is 0.318. The minimum atomic E-state index is -0.411. The number of hydrogen-bond donors (Lipinski definition) is 3. The summed E-state index contributed by atoms with van der Waals surface area (Å²) in [5.74, 6) is -0.498. The van der Waals surface area contributed by atoms with Crippen molar-refractivity contribution in [1.29, 1.82) is 0 Å². The van der Waals surface area contributed by atoms with E-state index in [1.54, 1.807) is 17.4 Å². The summed E-state index contributed by atoms with van der Waals surface area (Å²) in [6.45, 7) is 3.38. The topological polar surface area (TPSA) is 70.6 Å². The van der Waals surface area contributed by atoms with Crippen LogP contribution in [0.5, 0.6) is 0 Å². The summed E-state index contributed by atoms with van der Waals surface area (Å²) in [5.41, 5.74) is 6.77. The quantitative estimate of drug-likeness (QED) is 0.333. The van der Waals surface area contributed by atoms with Crippen LogP contribution in [0.3, 0.4) is 0 Å². The van der Waals surface area contributed by atoms with Crippen molar-refractivity contribution >= 4 is 17.2 Å². The SMILES string of the molecule is CCc1ccc(CNCc2ccc(F)cc2/C(N)=N/O)s1. The largest absolute Gasteiger partial charge is 0.409 e. The van der Waals surface area contributed by atoms with E-state index in [9.17, 15) is 4.39 Å². The van der Waals surface area contributed by atoms with E-state index in [0.29, 0.717) is 12.1 Å². The van der Waals surface area contributed by atoms with Gasteiger partial charge in [-0.2, -0.15) is 0 Å². The Labute approximate surface area is 127 Å². The van der Waals surface area contributed by atoms with Gasteiger partial charge in [0.05, 0.1) is 0 Å². The third kappa shape index (κ3) is 4.03. The standard InChI is InChI=1S/C15H18FN3OS/c1-2-12-5-6-13(21-12)9-18-8-10-3-4-11(16)7-14(10)15(17)19-20/h3-7,18,20H,2,8-9H2,1H3,(H2,17,19). The number of oxime groups is 1. The molecule has 4 nitrogen and oxygen atoms in total. The lowest BCUT2D eigenvalue weighted by atomic mass is 10.1. The van der Waals surface area contributed by atoms with Gasteiger partial charge in [0.1, 0.15) is 5.82 Å². The molecule has 1 heterocycles. The van der Waals surface area contributed by atoms with E-state index in [4.69, 9.17) is 10.9 Å². The fourth-order valence-corrected chi connectivity index (χ4v) is 2.95. The zero-order chi connectivity index (χ0) is 15.2. The molecule has 4 N–H and O–H groups in total. The van der Waals surface area contributed by atoms with Gasteiger partial charge in [-0.1, -0.05) is 18.1 Å². The van der Waals surface area contributed by atoms with E-state index in [-0.39, 0.29) is 5.84 Å². The van der Waals surface area contributed by atoms with Crippen LogP contribution in [-0.4, -0.2) is 11.0 Å². The molecule has 112 valence electrons. The number of hydrogen-bond acceptors (Lipinski definition) is 4. The molecule has 0 aliphatic rings. The number of amidine groups is 1. The lowest BCUT2D eigenvalue weighted by Crippen LogP contribution is -2.20. The molecular formula is C15H18FN3OS. The molecule has 2 rings (SSSR count). The highest BCUT2D eigenvalue weighted by Crippen LogP contribution is 2.17. The molecule has 0 amide bonds. The van der Waals surface area contributed by atoms with Crippen LogP contribution >= 0.6 is 11.3 Å². The van der Waals surface area contributed by atoms with Crippen LogP contribution in [-0.2, 0) is 19.5 Å². The van der Waals surface area contributed by atoms with E-state index in [1.807, 2.05) is 0 Å². The molecule has 0 atom stereocenters. The van der Waals surface area contributed by atoms with E-state index in [1.165, 1.54) is 21.9 Å². The van der Waals surface area contributed by atoms with Crippen molar-refractivity contribution in [2.75, 3.05) is 0 Å². The molecule has 21 heavy (non-hydrogen) atoms. The zero-order valence-corrected chi connectivity index (χ0v) is 12.6. The molecule has 6 heteroatoms. The second-order valence-corrected chi connectivity index (χ2v) is 5.86. The fourth-order valence-electron chi connectivity index (χ4n) is 2.02. The number of nitrogens with two attached hydrogens (primary N) is 1. The minimum Gasteiger partial charge on any atom is -0.409 e. The zero-order valence-electron chi connectivity index (χ0n) is 11.8. The Kier molecular flexibility index (Phi) is 5.30. The Morgan fingerprint density at radius 2 is 2.05 bits per heavy atom. The minimum absolute atomic E-state index is 0.0873. The molecule has 0 unspecified atom stereocenters. The van der Waals surface area contributed by atoms with Gasteiger partial charge in [-0.3, -0.25) is 0 Å². The Morgan fingerprint density at radius 1 is 1.29 bits per heavy atom. The molecule has 0 saturated carbocycles. The molecule has 0 fully saturated rings. The van der Waals surface area contributed by atoms with Gasteiger partial charge in [-0.15, -0.1) is 11.3 Å². The summed E-state index contributed by atoms with van der Waals surface area (Å²) < 4.78 is 13.3. The number of thiophene rings is 1. The Balaban J connectivity index is 2.02. The predicted octanol–water partition coefficient (Wildman–Crippen LogP) is 2.83. The normalized spacial score (nSPS) is 11.8. The van der Waals surface area contributed by atoms with E-state index in [2.05, 4.69) is 29.5 Å². The Bertz CT molecular complexity index is 640. The number of nitrogens with one attached hydrogen (secondary N) is 1. The number of halogens is 1. The first-order valence-corrected chi connectivity index (χ1v) is 7.50. The average Bonchev–Trinajstić information content (AvgIpc) is 2.96. The smallest absolute Gasteiger partial charge is 0.170 e. The number of aryl methyl sites for hydroxylation is 1. The molecule has 0 aliphatic heterocycles. The van der Waals surface area contributed by atoms with Crippen LogP contribution in [0.4, 0.5) is 4.39 Å². The van der Waals surface area contributed by atoms with Crippen molar-refractivity contribution in [3.05, 3.63) is 57.0 Å². The first-order valence-electron chi connectivity index (χ1n) is 6.68. The van der Waals surface area contributed by atoms with E-state index in [0.717, 1.165) is 18.5 Å². The number of nitrogens with zero attached hydrogens (tertiary/aromatic N) is 1. The van der Waals surface area contributed by atoms with Crippen LogP contribution in [0.2, 0.25) is 0 Å².